The van der Waals surface area contributed by atoms with E-state index in [2.05, 4.69) is 35.4 Å². The first-order valence-electron chi connectivity index (χ1n) is 8.60. The lowest BCUT2D eigenvalue weighted by Gasteiger charge is -2.30. The van der Waals surface area contributed by atoms with Crippen LogP contribution in [-0.2, 0) is 6.54 Å². The van der Waals surface area contributed by atoms with Crippen LogP contribution < -0.4 is 5.32 Å². The normalized spacial score (nSPS) is 18.5. The summed E-state index contributed by atoms with van der Waals surface area (Å²) >= 11 is 0. The number of likely N-dealkylation sites (N-methyl/N-ethyl adjacent to an activating group) is 1. The Labute approximate surface area is 143 Å². The van der Waals surface area contributed by atoms with Gasteiger partial charge >= 0.3 is 0 Å². The number of rotatable bonds is 4. The van der Waals surface area contributed by atoms with Gasteiger partial charge in [-0.05, 0) is 64.0 Å². The van der Waals surface area contributed by atoms with Crippen LogP contribution in [0.4, 0.5) is 0 Å². The van der Waals surface area contributed by atoms with Crippen molar-refractivity contribution in [3.8, 4) is 0 Å². The van der Waals surface area contributed by atoms with E-state index in [1.807, 2.05) is 35.9 Å². The summed E-state index contributed by atoms with van der Waals surface area (Å²) < 4.78 is 1.99. The van der Waals surface area contributed by atoms with Crippen molar-refractivity contribution in [1.29, 1.82) is 0 Å². The maximum Gasteiger partial charge on any atom is 0.251 e. The number of hydrogen-bond acceptors (Lipinski definition) is 3. The Kier molecular flexibility index (Phi) is 5.00. The molecular formula is C19H26N4O. The van der Waals surface area contributed by atoms with Crippen molar-refractivity contribution < 1.29 is 4.79 Å². The van der Waals surface area contributed by atoms with Gasteiger partial charge in [-0.1, -0.05) is 12.1 Å². The summed E-state index contributed by atoms with van der Waals surface area (Å²) in [7, 11) is 2.10. The summed E-state index contributed by atoms with van der Waals surface area (Å²) in [6.07, 6.45) is 2.20. The number of likely N-dealkylation sites (tertiary alicyclic amines) is 1. The predicted molar refractivity (Wildman–Crippen MR) is 95.2 cm³/mol. The van der Waals surface area contributed by atoms with Gasteiger partial charge in [-0.3, -0.25) is 9.48 Å². The van der Waals surface area contributed by atoms with Crippen LogP contribution in [0.25, 0.3) is 0 Å². The smallest absolute Gasteiger partial charge is 0.251 e. The van der Waals surface area contributed by atoms with Gasteiger partial charge < -0.3 is 10.2 Å². The number of benzene rings is 1. The second-order valence-electron chi connectivity index (χ2n) is 6.86. The van der Waals surface area contributed by atoms with Crippen molar-refractivity contribution in [2.24, 2.45) is 0 Å². The highest BCUT2D eigenvalue weighted by Gasteiger charge is 2.19. The molecule has 24 heavy (non-hydrogen) atoms. The molecule has 128 valence electrons. The molecule has 1 aromatic carbocycles. The molecule has 1 aliphatic heterocycles. The summed E-state index contributed by atoms with van der Waals surface area (Å²) in [5, 5.41) is 7.63. The van der Waals surface area contributed by atoms with Crippen LogP contribution in [0.15, 0.2) is 30.3 Å². The van der Waals surface area contributed by atoms with Gasteiger partial charge in [0, 0.05) is 23.8 Å². The first kappa shape index (κ1) is 16.7. The molecule has 1 aromatic heterocycles. The number of aromatic nitrogens is 2. The second-order valence-corrected chi connectivity index (χ2v) is 6.86. The molecule has 5 nitrogen and oxygen atoms in total. The van der Waals surface area contributed by atoms with Crippen LogP contribution in [0.1, 0.15) is 40.2 Å². The summed E-state index contributed by atoms with van der Waals surface area (Å²) in [5.74, 6) is 0.0213. The largest absolute Gasteiger partial charge is 0.348 e. The number of aryl methyl sites for hydroxylation is 2. The molecule has 1 N–H and O–H groups in total. The van der Waals surface area contributed by atoms with Crippen molar-refractivity contribution in [3.05, 3.63) is 52.8 Å². The fourth-order valence-corrected chi connectivity index (χ4v) is 3.32. The average molecular weight is 326 g/mol. The minimum Gasteiger partial charge on any atom is -0.348 e. The topological polar surface area (TPSA) is 50.2 Å². The molecule has 0 aliphatic carbocycles. The standard InChI is InChI=1S/C19H26N4O/c1-14-11-15(2)23(21-14)12-16-6-8-17(9-7-16)19(24)20-18-5-4-10-22(3)13-18/h6-9,11,18H,4-5,10,12-13H2,1-3H3,(H,20,24). The molecule has 1 saturated heterocycles. The summed E-state index contributed by atoms with van der Waals surface area (Å²) in [6, 6.07) is 10.2. The molecule has 0 radical (unpaired) electrons. The molecule has 3 rings (SSSR count). The van der Waals surface area contributed by atoms with E-state index in [9.17, 15) is 4.79 Å². The molecule has 1 fully saturated rings. The maximum absolute atomic E-state index is 12.4. The molecule has 1 unspecified atom stereocenters. The van der Waals surface area contributed by atoms with Crippen LogP contribution in [0.5, 0.6) is 0 Å². The Balaban J connectivity index is 1.61. The van der Waals surface area contributed by atoms with Gasteiger partial charge in [0.25, 0.3) is 5.91 Å². The molecule has 1 amide bonds. The third-order valence-corrected chi connectivity index (χ3v) is 4.61. The maximum atomic E-state index is 12.4. The highest BCUT2D eigenvalue weighted by Crippen LogP contribution is 2.11. The number of hydrogen-bond donors (Lipinski definition) is 1. The van der Waals surface area contributed by atoms with E-state index in [1.54, 1.807) is 0 Å². The molecule has 5 heteroatoms. The fraction of sp³-hybridized carbons (Fsp3) is 0.474. The molecule has 1 atom stereocenters. The first-order valence-corrected chi connectivity index (χ1v) is 8.60. The zero-order chi connectivity index (χ0) is 17.1. The number of carbonyl (C=O) groups is 1. The predicted octanol–water partition coefficient (Wildman–Crippen LogP) is 2.37. The van der Waals surface area contributed by atoms with E-state index >= 15 is 0 Å². The quantitative estimate of drug-likeness (QED) is 0.938. The molecule has 0 bridgehead atoms. The lowest BCUT2D eigenvalue weighted by molar-refractivity contribution is 0.0912. The van der Waals surface area contributed by atoms with Crippen molar-refractivity contribution >= 4 is 5.91 Å². The Bertz CT molecular complexity index is 705. The van der Waals surface area contributed by atoms with Crippen molar-refractivity contribution in [3.63, 3.8) is 0 Å². The Morgan fingerprint density at radius 3 is 2.67 bits per heavy atom. The van der Waals surface area contributed by atoms with E-state index in [0.717, 1.165) is 55.0 Å². The highest BCUT2D eigenvalue weighted by molar-refractivity contribution is 5.94. The van der Waals surface area contributed by atoms with Crippen LogP contribution in [0.2, 0.25) is 0 Å². The minimum absolute atomic E-state index is 0.0213. The van der Waals surface area contributed by atoms with E-state index < -0.39 is 0 Å². The highest BCUT2D eigenvalue weighted by atomic mass is 16.1. The molecule has 2 heterocycles. The second kappa shape index (κ2) is 7.18. The molecule has 2 aromatic rings. The third kappa shape index (κ3) is 4.03. The fourth-order valence-electron chi connectivity index (χ4n) is 3.32. The average Bonchev–Trinajstić information content (AvgIpc) is 2.85. The van der Waals surface area contributed by atoms with E-state index in [4.69, 9.17) is 0 Å². The van der Waals surface area contributed by atoms with E-state index in [-0.39, 0.29) is 11.9 Å². The first-order chi connectivity index (χ1) is 11.5. The Morgan fingerprint density at radius 2 is 2.04 bits per heavy atom. The van der Waals surface area contributed by atoms with Gasteiger partial charge in [0.2, 0.25) is 0 Å². The lowest BCUT2D eigenvalue weighted by Crippen LogP contribution is -2.46. The minimum atomic E-state index is 0.0213. The van der Waals surface area contributed by atoms with Crippen molar-refractivity contribution in [2.45, 2.75) is 39.3 Å². The number of amides is 1. The monoisotopic (exact) mass is 326 g/mol. The lowest BCUT2D eigenvalue weighted by atomic mass is 10.1. The van der Waals surface area contributed by atoms with Gasteiger partial charge in [0.15, 0.2) is 0 Å². The zero-order valence-corrected chi connectivity index (χ0v) is 14.7. The summed E-state index contributed by atoms with van der Waals surface area (Å²) in [5.41, 5.74) is 4.05. The van der Waals surface area contributed by atoms with Gasteiger partial charge in [-0.25, -0.2) is 0 Å². The molecule has 0 spiro atoms. The number of nitrogens with zero attached hydrogens (tertiary/aromatic N) is 3. The molecule has 0 saturated carbocycles. The summed E-state index contributed by atoms with van der Waals surface area (Å²) in [4.78, 5) is 14.7. The van der Waals surface area contributed by atoms with Gasteiger partial charge in [0.1, 0.15) is 0 Å². The van der Waals surface area contributed by atoms with E-state index in [1.165, 1.54) is 0 Å². The van der Waals surface area contributed by atoms with Crippen LogP contribution in [0, 0.1) is 13.8 Å². The van der Waals surface area contributed by atoms with Crippen LogP contribution in [-0.4, -0.2) is 46.8 Å². The van der Waals surface area contributed by atoms with Gasteiger partial charge in [-0.2, -0.15) is 5.10 Å². The Morgan fingerprint density at radius 1 is 1.29 bits per heavy atom. The van der Waals surface area contributed by atoms with E-state index in [0.29, 0.717) is 0 Å². The summed E-state index contributed by atoms with van der Waals surface area (Å²) in [6.45, 7) is 6.84. The zero-order valence-electron chi connectivity index (χ0n) is 14.7. The number of carbonyl (C=O) groups excluding carboxylic acids is 1. The molecular weight excluding hydrogens is 300 g/mol. The number of piperidine rings is 1. The van der Waals surface area contributed by atoms with Crippen molar-refractivity contribution in [1.82, 2.24) is 20.0 Å². The van der Waals surface area contributed by atoms with Crippen molar-refractivity contribution in [2.75, 3.05) is 20.1 Å². The van der Waals surface area contributed by atoms with Gasteiger partial charge in [-0.15, -0.1) is 0 Å². The number of nitrogens with one attached hydrogen (secondary N) is 1. The SMILES string of the molecule is Cc1cc(C)n(Cc2ccc(C(=O)NC3CCCN(C)C3)cc2)n1. The van der Waals surface area contributed by atoms with Crippen LogP contribution >= 0.6 is 0 Å². The van der Waals surface area contributed by atoms with Crippen LogP contribution in [0.3, 0.4) is 0 Å². The Hall–Kier alpha value is -2.14. The molecule has 1 aliphatic rings. The van der Waals surface area contributed by atoms with Gasteiger partial charge in [0.05, 0.1) is 12.2 Å². The third-order valence-electron chi connectivity index (χ3n) is 4.61.